The molecule has 1 aliphatic carbocycles. The SMILES string of the molecule is CCC1(C)CCC(C)(CI)c2ccccc21. The molecule has 0 fully saturated rings. The Bertz CT molecular complexity index is 348. The van der Waals surface area contributed by atoms with Gasteiger partial charge in [0.15, 0.2) is 0 Å². The monoisotopic (exact) mass is 328 g/mol. The van der Waals surface area contributed by atoms with Gasteiger partial charge in [0.1, 0.15) is 0 Å². The second-order valence-corrected chi connectivity index (χ2v) is 6.42. The van der Waals surface area contributed by atoms with Gasteiger partial charge in [0, 0.05) is 9.84 Å². The molecule has 0 saturated carbocycles. The Morgan fingerprint density at radius 3 is 2.06 bits per heavy atom. The fourth-order valence-corrected chi connectivity index (χ4v) is 3.66. The van der Waals surface area contributed by atoms with E-state index in [1.54, 1.807) is 11.1 Å². The lowest BCUT2D eigenvalue weighted by molar-refractivity contribution is 0.310. The third-order valence-electron chi connectivity index (χ3n) is 4.53. The van der Waals surface area contributed by atoms with Crippen molar-refractivity contribution in [3.05, 3.63) is 35.4 Å². The molecule has 0 radical (unpaired) electrons. The Labute approximate surface area is 113 Å². The van der Waals surface area contributed by atoms with Crippen molar-refractivity contribution in [2.24, 2.45) is 0 Å². The Balaban J connectivity index is 2.57. The minimum atomic E-state index is 0.395. The summed E-state index contributed by atoms with van der Waals surface area (Å²) in [6.45, 7) is 7.18. The fourth-order valence-electron chi connectivity index (χ4n) is 2.86. The van der Waals surface area contributed by atoms with Crippen LogP contribution in [-0.2, 0) is 10.8 Å². The highest BCUT2D eigenvalue weighted by atomic mass is 127. The van der Waals surface area contributed by atoms with Crippen LogP contribution in [0.5, 0.6) is 0 Å². The number of fused-ring (bicyclic) bond motifs is 1. The van der Waals surface area contributed by atoms with E-state index in [4.69, 9.17) is 0 Å². The van der Waals surface area contributed by atoms with Crippen LogP contribution in [0.2, 0.25) is 0 Å². The summed E-state index contributed by atoms with van der Waals surface area (Å²) in [7, 11) is 0. The molecule has 88 valence electrons. The molecule has 1 aliphatic rings. The zero-order valence-electron chi connectivity index (χ0n) is 10.5. The predicted molar refractivity (Wildman–Crippen MR) is 79.6 cm³/mol. The Hall–Kier alpha value is -0.0500. The van der Waals surface area contributed by atoms with Gasteiger partial charge in [-0.25, -0.2) is 0 Å². The van der Waals surface area contributed by atoms with E-state index in [1.165, 1.54) is 23.7 Å². The van der Waals surface area contributed by atoms with E-state index in [-0.39, 0.29) is 0 Å². The molecule has 0 amide bonds. The zero-order valence-corrected chi connectivity index (χ0v) is 12.7. The molecule has 1 heteroatoms. The number of rotatable bonds is 2. The van der Waals surface area contributed by atoms with Gasteiger partial charge in [-0.3, -0.25) is 0 Å². The number of hydrogen-bond acceptors (Lipinski definition) is 0. The molecule has 0 N–H and O–H groups in total. The lowest BCUT2D eigenvalue weighted by Crippen LogP contribution is -2.38. The van der Waals surface area contributed by atoms with E-state index in [9.17, 15) is 0 Å². The van der Waals surface area contributed by atoms with Crippen molar-refractivity contribution < 1.29 is 0 Å². The normalized spacial score (nSPS) is 33.5. The molecular formula is C15H21I. The van der Waals surface area contributed by atoms with Gasteiger partial charge in [0.2, 0.25) is 0 Å². The van der Waals surface area contributed by atoms with Crippen molar-refractivity contribution in [2.75, 3.05) is 4.43 Å². The van der Waals surface area contributed by atoms with E-state index in [2.05, 4.69) is 67.6 Å². The summed E-state index contributed by atoms with van der Waals surface area (Å²) in [4.78, 5) is 0. The zero-order chi connectivity index (χ0) is 11.8. The lowest BCUT2D eigenvalue weighted by atomic mass is 9.61. The molecule has 1 aromatic rings. The average Bonchev–Trinajstić information content (AvgIpc) is 2.35. The first-order chi connectivity index (χ1) is 7.56. The largest absolute Gasteiger partial charge is 0.0854 e. The summed E-state index contributed by atoms with van der Waals surface area (Å²) in [6.07, 6.45) is 3.92. The van der Waals surface area contributed by atoms with Crippen molar-refractivity contribution in [3.8, 4) is 0 Å². The van der Waals surface area contributed by atoms with Gasteiger partial charge < -0.3 is 0 Å². The topological polar surface area (TPSA) is 0 Å². The molecule has 0 spiro atoms. The smallest absolute Gasteiger partial charge is 0.00900 e. The van der Waals surface area contributed by atoms with Crippen molar-refractivity contribution >= 4 is 22.6 Å². The molecule has 0 aromatic heterocycles. The minimum Gasteiger partial charge on any atom is -0.0854 e. The second-order valence-electron chi connectivity index (χ2n) is 5.65. The van der Waals surface area contributed by atoms with Crippen molar-refractivity contribution in [2.45, 2.75) is 50.9 Å². The molecular weight excluding hydrogens is 307 g/mol. The molecule has 0 saturated heterocycles. The maximum atomic E-state index is 2.54. The Kier molecular flexibility index (Phi) is 3.35. The quantitative estimate of drug-likeness (QED) is 0.538. The van der Waals surface area contributed by atoms with E-state index in [0.29, 0.717) is 10.8 Å². The number of hydrogen-bond donors (Lipinski definition) is 0. The number of alkyl halides is 1. The summed E-state index contributed by atoms with van der Waals surface area (Å²) >= 11 is 2.54. The third-order valence-corrected chi connectivity index (χ3v) is 6.21. The summed E-state index contributed by atoms with van der Waals surface area (Å²) in [6, 6.07) is 9.10. The van der Waals surface area contributed by atoms with Crippen molar-refractivity contribution in [1.29, 1.82) is 0 Å². The predicted octanol–water partition coefficient (Wildman–Crippen LogP) is 4.84. The molecule has 2 atom stereocenters. The van der Waals surface area contributed by atoms with Gasteiger partial charge in [-0.2, -0.15) is 0 Å². The van der Waals surface area contributed by atoms with E-state index in [0.717, 1.165) is 0 Å². The highest BCUT2D eigenvalue weighted by Gasteiger charge is 2.40. The highest BCUT2D eigenvalue weighted by molar-refractivity contribution is 14.1. The first-order valence-electron chi connectivity index (χ1n) is 6.22. The van der Waals surface area contributed by atoms with Crippen LogP contribution in [0.4, 0.5) is 0 Å². The summed E-state index contributed by atoms with van der Waals surface area (Å²) < 4.78 is 1.22. The van der Waals surface area contributed by atoms with Crippen LogP contribution in [0, 0.1) is 0 Å². The van der Waals surface area contributed by atoms with Crippen LogP contribution in [-0.4, -0.2) is 4.43 Å². The molecule has 0 heterocycles. The van der Waals surface area contributed by atoms with Gasteiger partial charge in [0.25, 0.3) is 0 Å². The van der Waals surface area contributed by atoms with E-state index < -0.39 is 0 Å². The fraction of sp³-hybridized carbons (Fsp3) is 0.600. The number of halogens is 1. The van der Waals surface area contributed by atoms with Crippen LogP contribution < -0.4 is 0 Å². The molecule has 0 aliphatic heterocycles. The van der Waals surface area contributed by atoms with Crippen molar-refractivity contribution in [3.63, 3.8) is 0 Å². The van der Waals surface area contributed by atoms with Crippen LogP contribution in [0.25, 0.3) is 0 Å². The van der Waals surface area contributed by atoms with Gasteiger partial charge >= 0.3 is 0 Å². The first kappa shape index (κ1) is 12.4. The molecule has 1 aromatic carbocycles. The van der Waals surface area contributed by atoms with E-state index in [1.807, 2.05) is 0 Å². The first-order valence-corrected chi connectivity index (χ1v) is 7.74. The summed E-state index contributed by atoms with van der Waals surface area (Å²) in [5.74, 6) is 0. The molecule has 2 rings (SSSR count). The second kappa shape index (κ2) is 4.32. The van der Waals surface area contributed by atoms with Gasteiger partial charge in [-0.1, -0.05) is 67.6 Å². The molecule has 2 unspecified atom stereocenters. The Morgan fingerprint density at radius 2 is 1.56 bits per heavy atom. The summed E-state index contributed by atoms with van der Waals surface area (Å²) in [5.41, 5.74) is 4.00. The lowest BCUT2D eigenvalue weighted by Gasteiger charge is -2.44. The molecule has 0 nitrogen and oxygen atoms in total. The molecule has 16 heavy (non-hydrogen) atoms. The van der Waals surface area contributed by atoms with Crippen molar-refractivity contribution in [1.82, 2.24) is 0 Å². The Morgan fingerprint density at radius 1 is 1.06 bits per heavy atom. The van der Waals surface area contributed by atoms with E-state index >= 15 is 0 Å². The highest BCUT2D eigenvalue weighted by Crippen LogP contribution is 2.48. The van der Waals surface area contributed by atoms with Gasteiger partial charge in [-0.05, 0) is 35.8 Å². The molecule has 0 bridgehead atoms. The maximum Gasteiger partial charge on any atom is 0.00900 e. The minimum absolute atomic E-state index is 0.395. The maximum absolute atomic E-state index is 2.54. The van der Waals surface area contributed by atoms with Gasteiger partial charge in [-0.15, -0.1) is 0 Å². The van der Waals surface area contributed by atoms with Crippen LogP contribution in [0.1, 0.15) is 51.2 Å². The third kappa shape index (κ3) is 1.81. The van der Waals surface area contributed by atoms with Crippen LogP contribution >= 0.6 is 22.6 Å². The van der Waals surface area contributed by atoms with Gasteiger partial charge in [0.05, 0.1) is 0 Å². The van der Waals surface area contributed by atoms with Crippen LogP contribution in [0.3, 0.4) is 0 Å². The summed E-state index contributed by atoms with van der Waals surface area (Å²) in [5, 5.41) is 0. The van der Waals surface area contributed by atoms with Crippen LogP contribution in [0.15, 0.2) is 24.3 Å². The number of benzene rings is 1. The standard InChI is InChI=1S/C15H21I/c1-4-14(2)9-10-15(3,11-16)13-8-6-5-7-12(13)14/h5-8H,4,9-11H2,1-3H3. The average molecular weight is 328 g/mol.